The Morgan fingerprint density at radius 2 is 1.97 bits per heavy atom. The molecule has 37 heavy (non-hydrogen) atoms. The van der Waals surface area contributed by atoms with Crippen LogP contribution in [0.3, 0.4) is 0 Å². The maximum atomic E-state index is 13.6. The van der Waals surface area contributed by atoms with Crippen LogP contribution in [0.15, 0.2) is 63.5 Å². The molecule has 10 nitrogen and oxygen atoms in total. The molecule has 0 bridgehead atoms. The van der Waals surface area contributed by atoms with Crippen molar-refractivity contribution in [3.63, 3.8) is 0 Å². The molecule has 1 aromatic heterocycles. The van der Waals surface area contributed by atoms with E-state index in [1.807, 2.05) is 13.8 Å². The fourth-order valence-corrected chi connectivity index (χ4v) is 5.08. The molecule has 1 atom stereocenters. The van der Waals surface area contributed by atoms with Crippen LogP contribution in [0.4, 0.5) is 5.69 Å². The Hall–Kier alpha value is -4.25. The van der Waals surface area contributed by atoms with Gasteiger partial charge in [-0.25, -0.2) is 9.79 Å². The van der Waals surface area contributed by atoms with Crippen molar-refractivity contribution < 1.29 is 24.3 Å². The molecule has 1 N–H and O–H groups in total. The predicted molar refractivity (Wildman–Crippen MR) is 137 cm³/mol. The highest BCUT2D eigenvalue weighted by Gasteiger charge is 2.33. The number of ether oxygens (including phenoxy) is 2. The van der Waals surface area contributed by atoms with Gasteiger partial charge in [0.1, 0.15) is 5.75 Å². The van der Waals surface area contributed by atoms with E-state index in [0.29, 0.717) is 27.4 Å². The average Bonchev–Trinajstić information content (AvgIpc) is 3.13. The van der Waals surface area contributed by atoms with Crippen molar-refractivity contribution in [3.05, 3.63) is 94.7 Å². The van der Waals surface area contributed by atoms with Gasteiger partial charge in [-0.3, -0.25) is 19.5 Å². The highest BCUT2D eigenvalue weighted by molar-refractivity contribution is 7.07. The van der Waals surface area contributed by atoms with E-state index in [0.717, 1.165) is 11.3 Å². The Bertz CT molecular complexity index is 1580. The smallest absolute Gasteiger partial charge is 0.338 e. The molecule has 2 aromatic carbocycles. The summed E-state index contributed by atoms with van der Waals surface area (Å²) >= 11 is 1.10. The Kier molecular flexibility index (Phi) is 7.25. The Balaban J connectivity index is 1.90. The first-order valence-electron chi connectivity index (χ1n) is 11.5. The third kappa shape index (κ3) is 5.17. The van der Waals surface area contributed by atoms with Gasteiger partial charge < -0.3 is 14.6 Å². The number of hydrogen-bond donors (Lipinski definition) is 1. The summed E-state index contributed by atoms with van der Waals surface area (Å²) < 4.78 is 12.7. The summed E-state index contributed by atoms with van der Waals surface area (Å²) in [4.78, 5) is 42.0. The van der Waals surface area contributed by atoms with Crippen molar-refractivity contribution in [2.24, 2.45) is 4.99 Å². The molecule has 0 spiro atoms. The van der Waals surface area contributed by atoms with Crippen molar-refractivity contribution in [2.75, 3.05) is 6.61 Å². The number of phenolic OH excluding ortho intramolecular Hbond substituents is 1. The number of aromatic hydroxyl groups is 1. The van der Waals surface area contributed by atoms with E-state index in [-0.39, 0.29) is 22.8 Å². The van der Waals surface area contributed by atoms with E-state index < -0.39 is 33.9 Å². The Morgan fingerprint density at radius 3 is 2.59 bits per heavy atom. The summed E-state index contributed by atoms with van der Waals surface area (Å²) in [5.74, 6) is -0.388. The fraction of sp³-hybridized carbons (Fsp3) is 0.269. The summed E-state index contributed by atoms with van der Waals surface area (Å²) in [7, 11) is 0. The number of nitrogens with zero attached hydrogens (tertiary/aromatic N) is 3. The molecular formula is C26H25N3O7S. The van der Waals surface area contributed by atoms with Crippen LogP contribution < -0.4 is 19.6 Å². The molecule has 0 unspecified atom stereocenters. The molecule has 11 heteroatoms. The summed E-state index contributed by atoms with van der Waals surface area (Å²) in [5, 5.41) is 21.0. The van der Waals surface area contributed by atoms with E-state index in [2.05, 4.69) is 4.99 Å². The molecule has 3 aromatic rings. The number of esters is 1. The van der Waals surface area contributed by atoms with Crippen LogP contribution in [0, 0.1) is 10.1 Å². The lowest BCUT2D eigenvalue weighted by atomic mass is 9.96. The highest BCUT2D eigenvalue weighted by atomic mass is 32.1. The number of hydrogen-bond acceptors (Lipinski definition) is 9. The second kappa shape index (κ2) is 10.4. The van der Waals surface area contributed by atoms with Gasteiger partial charge >= 0.3 is 11.7 Å². The monoisotopic (exact) mass is 523 g/mol. The maximum Gasteiger partial charge on any atom is 0.338 e. The van der Waals surface area contributed by atoms with E-state index in [9.17, 15) is 24.8 Å². The zero-order valence-electron chi connectivity index (χ0n) is 20.6. The topological polar surface area (TPSA) is 133 Å². The quantitative estimate of drug-likeness (QED) is 0.286. The summed E-state index contributed by atoms with van der Waals surface area (Å²) in [6, 6.07) is 10.2. The minimum Gasteiger partial charge on any atom is -0.502 e. The third-order valence-corrected chi connectivity index (χ3v) is 6.56. The van der Waals surface area contributed by atoms with E-state index >= 15 is 0 Å². The van der Waals surface area contributed by atoms with Crippen LogP contribution in [0.2, 0.25) is 0 Å². The molecule has 1 aliphatic rings. The van der Waals surface area contributed by atoms with Gasteiger partial charge in [0.05, 0.1) is 39.5 Å². The zero-order valence-corrected chi connectivity index (χ0v) is 21.4. The zero-order chi connectivity index (χ0) is 26.9. The molecular weight excluding hydrogens is 498 g/mol. The molecule has 1 aliphatic heterocycles. The molecule has 4 rings (SSSR count). The first-order chi connectivity index (χ1) is 17.6. The first kappa shape index (κ1) is 25.8. The molecule has 0 aliphatic carbocycles. The Labute approximate surface area is 215 Å². The molecule has 0 amide bonds. The highest BCUT2D eigenvalue weighted by Crippen LogP contribution is 2.32. The normalized spacial score (nSPS) is 15.4. The summed E-state index contributed by atoms with van der Waals surface area (Å²) in [6.07, 6.45) is 1.48. The summed E-state index contributed by atoms with van der Waals surface area (Å²) in [6.45, 7) is 7.38. The third-order valence-electron chi connectivity index (χ3n) is 5.58. The molecule has 2 heterocycles. The van der Waals surface area contributed by atoms with Gasteiger partial charge in [-0.05, 0) is 63.1 Å². The van der Waals surface area contributed by atoms with E-state index in [1.165, 1.54) is 28.8 Å². The van der Waals surface area contributed by atoms with Crippen molar-refractivity contribution >= 4 is 29.1 Å². The number of carbonyl (C=O) groups excluding carboxylic acids is 1. The minimum atomic E-state index is -0.792. The molecule has 0 fully saturated rings. The van der Waals surface area contributed by atoms with Crippen LogP contribution >= 0.6 is 11.3 Å². The lowest BCUT2D eigenvalue weighted by Gasteiger charge is -2.25. The number of aromatic nitrogens is 1. The van der Waals surface area contributed by atoms with Crippen LogP contribution in [0.1, 0.15) is 44.9 Å². The number of phenols is 1. The van der Waals surface area contributed by atoms with Gasteiger partial charge in [-0.15, -0.1) is 0 Å². The SMILES string of the molecule is CCOC(=O)C1=C(C)N=c2s/c(=C\c3ccc(O)c([N+](=O)[O-])c3)c(=O)n2[C@H]1c1ccc(OC(C)C)cc1. The van der Waals surface area contributed by atoms with E-state index in [4.69, 9.17) is 9.47 Å². The number of rotatable bonds is 7. The lowest BCUT2D eigenvalue weighted by Crippen LogP contribution is -2.39. The van der Waals surface area contributed by atoms with Crippen LogP contribution in [0.5, 0.6) is 11.5 Å². The maximum absolute atomic E-state index is 13.6. The van der Waals surface area contributed by atoms with Crippen LogP contribution in [-0.4, -0.2) is 33.3 Å². The molecule has 0 saturated carbocycles. The van der Waals surface area contributed by atoms with Gasteiger partial charge in [0.25, 0.3) is 5.56 Å². The average molecular weight is 524 g/mol. The van der Waals surface area contributed by atoms with Gasteiger partial charge in [-0.1, -0.05) is 29.5 Å². The van der Waals surface area contributed by atoms with Gasteiger partial charge in [0.15, 0.2) is 10.6 Å². The van der Waals surface area contributed by atoms with E-state index in [1.54, 1.807) is 38.1 Å². The Morgan fingerprint density at radius 1 is 1.27 bits per heavy atom. The molecule has 0 saturated heterocycles. The van der Waals surface area contributed by atoms with Crippen molar-refractivity contribution in [3.8, 4) is 11.5 Å². The standard InChI is InChI=1S/C26H25N3O7S/c1-5-35-25(32)22-15(4)27-26-28(23(22)17-7-9-18(10-8-17)36-14(2)3)24(31)21(37-26)13-16-6-11-20(30)19(12-16)29(33)34/h6-14,23,30H,5H2,1-4H3/b21-13-/t23-/m0/s1. The van der Waals surface area contributed by atoms with Crippen molar-refractivity contribution in [1.29, 1.82) is 0 Å². The van der Waals surface area contributed by atoms with Gasteiger partial charge in [0, 0.05) is 6.07 Å². The van der Waals surface area contributed by atoms with Crippen molar-refractivity contribution in [1.82, 2.24) is 4.57 Å². The van der Waals surface area contributed by atoms with Crippen LogP contribution in [0.25, 0.3) is 6.08 Å². The largest absolute Gasteiger partial charge is 0.502 e. The predicted octanol–water partition coefficient (Wildman–Crippen LogP) is 3.20. The van der Waals surface area contributed by atoms with Gasteiger partial charge in [0.2, 0.25) is 0 Å². The number of benzene rings is 2. The second-order valence-electron chi connectivity index (χ2n) is 8.54. The number of fused-ring (bicyclic) bond motifs is 1. The second-order valence-corrected chi connectivity index (χ2v) is 9.55. The lowest BCUT2D eigenvalue weighted by molar-refractivity contribution is -0.385. The number of nitro benzene ring substituents is 1. The molecule has 0 radical (unpaired) electrons. The number of carbonyl (C=O) groups is 1. The summed E-state index contributed by atoms with van der Waals surface area (Å²) in [5.41, 5.74) is 0.826. The number of allylic oxidation sites excluding steroid dienone is 1. The van der Waals surface area contributed by atoms with Crippen molar-refractivity contribution in [2.45, 2.75) is 39.8 Å². The van der Waals surface area contributed by atoms with Gasteiger partial charge in [-0.2, -0.15) is 0 Å². The first-order valence-corrected chi connectivity index (χ1v) is 12.4. The minimum absolute atomic E-state index is 0.0171. The fourth-order valence-electron chi connectivity index (χ4n) is 4.04. The number of thiazole rings is 1. The molecule has 192 valence electrons. The number of nitro groups is 1. The van der Waals surface area contributed by atoms with Crippen LogP contribution in [-0.2, 0) is 9.53 Å².